The molecular weight excluding hydrogens is 354 g/mol. The molecule has 6 heteroatoms. The van der Waals surface area contributed by atoms with Gasteiger partial charge in [0.15, 0.2) is 0 Å². The summed E-state index contributed by atoms with van der Waals surface area (Å²) < 4.78 is 13.4. The van der Waals surface area contributed by atoms with Crippen molar-refractivity contribution in [3.8, 4) is 22.6 Å². The predicted octanol–water partition coefficient (Wildman–Crippen LogP) is 3.79. The van der Waals surface area contributed by atoms with Crippen LogP contribution in [0.2, 0.25) is 0 Å². The fraction of sp³-hybridized carbons (Fsp3) is 0.364. The molecule has 1 aromatic carbocycles. The Bertz CT molecular complexity index is 957. The van der Waals surface area contributed by atoms with Gasteiger partial charge in [0.2, 0.25) is 5.91 Å². The maximum absolute atomic E-state index is 11.8. The van der Waals surface area contributed by atoms with Gasteiger partial charge in [-0.15, -0.1) is 0 Å². The molecule has 1 fully saturated rings. The average molecular weight is 379 g/mol. The Morgan fingerprint density at radius 1 is 1.14 bits per heavy atom. The highest BCUT2D eigenvalue weighted by atomic mass is 16.5. The first-order chi connectivity index (χ1) is 13.7. The Morgan fingerprint density at radius 3 is 2.57 bits per heavy atom. The molecule has 1 amide bonds. The summed E-state index contributed by atoms with van der Waals surface area (Å²) in [6.07, 6.45) is 6.24. The molecule has 0 radical (unpaired) electrons. The third-order valence-electron chi connectivity index (χ3n) is 5.28. The summed E-state index contributed by atoms with van der Waals surface area (Å²) in [6.45, 7) is 3.46. The van der Waals surface area contributed by atoms with Gasteiger partial charge in [-0.25, -0.2) is 4.52 Å². The number of carbonyl (C=O) groups is 1. The van der Waals surface area contributed by atoms with Crippen LogP contribution < -0.4 is 9.47 Å². The molecule has 4 rings (SSSR count). The molecule has 0 bridgehead atoms. The van der Waals surface area contributed by atoms with Crippen molar-refractivity contribution in [2.75, 3.05) is 20.2 Å². The SMILES string of the molecule is CCC(=O)N1CCC(Oc2ccc(-c3cc(OC)c4ccnn4c3)cc2)CC1. The van der Waals surface area contributed by atoms with E-state index in [0.717, 1.165) is 54.1 Å². The van der Waals surface area contributed by atoms with Crippen molar-refractivity contribution < 1.29 is 14.3 Å². The zero-order chi connectivity index (χ0) is 19.5. The van der Waals surface area contributed by atoms with E-state index in [1.165, 1.54) is 0 Å². The number of hydrogen-bond acceptors (Lipinski definition) is 4. The topological polar surface area (TPSA) is 56.1 Å². The van der Waals surface area contributed by atoms with Gasteiger partial charge in [-0.2, -0.15) is 5.10 Å². The van der Waals surface area contributed by atoms with Gasteiger partial charge >= 0.3 is 0 Å². The summed E-state index contributed by atoms with van der Waals surface area (Å²) in [7, 11) is 1.67. The molecule has 1 saturated heterocycles. The van der Waals surface area contributed by atoms with Crippen LogP contribution in [0.1, 0.15) is 26.2 Å². The largest absolute Gasteiger partial charge is 0.494 e. The number of carbonyl (C=O) groups excluding carboxylic acids is 1. The van der Waals surface area contributed by atoms with Gasteiger partial charge in [-0.1, -0.05) is 19.1 Å². The number of amides is 1. The van der Waals surface area contributed by atoms with E-state index in [-0.39, 0.29) is 12.0 Å². The van der Waals surface area contributed by atoms with Crippen LogP contribution in [0, 0.1) is 0 Å². The molecule has 28 heavy (non-hydrogen) atoms. The summed E-state index contributed by atoms with van der Waals surface area (Å²) in [5.41, 5.74) is 3.05. The third kappa shape index (κ3) is 3.67. The molecule has 1 aliphatic heterocycles. The minimum absolute atomic E-state index is 0.160. The van der Waals surface area contributed by atoms with Crippen LogP contribution in [-0.4, -0.2) is 46.7 Å². The van der Waals surface area contributed by atoms with Crippen molar-refractivity contribution in [1.82, 2.24) is 14.5 Å². The first-order valence-corrected chi connectivity index (χ1v) is 9.74. The number of fused-ring (bicyclic) bond motifs is 1. The molecule has 146 valence electrons. The van der Waals surface area contributed by atoms with Crippen molar-refractivity contribution in [1.29, 1.82) is 0 Å². The quantitative estimate of drug-likeness (QED) is 0.677. The van der Waals surface area contributed by atoms with Gasteiger partial charge in [-0.05, 0) is 29.8 Å². The molecule has 0 atom stereocenters. The lowest BCUT2D eigenvalue weighted by molar-refractivity contribution is -0.132. The van der Waals surface area contributed by atoms with Crippen LogP contribution >= 0.6 is 0 Å². The number of nitrogens with zero attached hydrogens (tertiary/aromatic N) is 3. The Balaban J connectivity index is 1.44. The van der Waals surface area contributed by atoms with E-state index in [4.69, 9.17) is 9.47 Å². The van der Waals surface area contributed by atoms with Crippen LogP contribution in [0.5, 0.6) is 11.5 Å². The molecular formula is C22H25N3O3. The molecule has 6 nitrogen and oxygen atoms in total. The number of hydrogen-bond donors (Lipinski definition) is 0. The predicted molar refractivity (Wildman–Crippen MR) is 108 cm³/mol. The summed E-state index contributed by atoms with van der Waals surface area (Å²) in [5, 5.41) is 4.32. The molecule has 3 heterocycles. The van der Waals surface area contributed by atoms with E-state index in [1.807, 2.05) is 46.8 Å². The Hall–Kier alpha value is -3.02. The zero-order valence-corrected chi connectivity index (χ0v) is 16.3. The molecule has 0 saturated carbocycles. The normalized spacial score (nSPS) is 15.0. The fourth-order valence-electron chi connectivity index (χ4n) is 3.68. The van der Waals surface area contributed by atoms with Gasteiger partial charge in [0.25, 0.3) is 0 Å². The van der Waals surface area contributed by atoms with Crippen molar-refractivity contribution in [2.45, 2.75) is 32.3 Å². The first-order valence-electron chi connectivity index (χ1n) is 9.74. The number of pyridine rings is 1. The van der Waals surface area contributed by atoms with Crippen molar-refractivity contribution in [2.24, 2.45) is 0 Å². The van der Waals surface area contributed by atoms with Crippen molar-refractivity contribution in [3.05, 3.63) is 48.8 Å². The lowest BCUT2D eigenvalue weighted by Gasteiger charge is -2.32. The number of ether oxygens (including phenoxy) is 2. The van der Waals surface area contributed by atoms with Crippen LogP contribution in [0.15, 0.2) is 48.8 Å². The van der Waals surface area contributed by atoms with Gasteiger partial charge in [0.05, 0.1) is 13.3 Å². The number of rotatable bonds is 5. The second-order valence-electron chi connectivity index (χ2n) is 7.03. The lowest BCUT2D eigenvalue weighted by Crippen LogP contribution is -2.41. The van der Waals surface area contributed by atoms with Gasteiger partial charge in [-0.3, -0.25) is 4.79 Å². The van der Waals surface area contributed by atoms with Gasteiger partial charge < -0.3 is 14.4 Å². The number of methoxy groups -OCH3 is 1. The number of piperidine rings is 1. The van der Waals surface area contributed by atoms with Crippen LogP contribution in [0.3, 0.4) is 0 Å². The molecule has 1 aliphatic rings. The minimum Gasteiger partial charge on any atom is -0.494 e. The summed E-state index contributed by atoms with van der Waals surface area (Å²) >= 11 is 0. The standard InChI is InChI=1S/C22H25N3O3/c1-3-22(26)24-12-9-19(10-13-24)28-18-6-4-16(5-7-18)17-14-21(27-2)20-8-11-23-25(20)15-17/h4-8,11,14-15,19H,3,9-10,12-13H2,1-2H3. The van der Waals surface area contributed by atoms with Crippen molar-refractivity contribution >= 4 is 11.4 Å². The summed E-state index contributed by atoms with van der Waals surface area (Å²) in [5.74, 6) is 1.88. The second kappa shape index (κ2) is 7.92. The van der Waals surface area contributed by atoms with Crippen LogP contribution in [-0.2, 0) is 4.79 Å². The van der Waals surface area contributed by atoms with Gasteiger partial charge in [0.1, 0.15) is 23.1 Å². The van der Waals surface area contributed by atoms with Gasteiger partial charge in [0, 0.05) is 44.1 Å². The van der Waals surface area contributed by atoms with Crippen LogP contribution in [0.4, 0.5) is 0 Å². The van der Waals surface area contributed by atoms with E-state index < -0.39 is 0 Å². The van der Waals surface area contributed by atoms with E-state index >= 15 is 0 Å². The van der Waals surface area contributed by atoms with E-state index in [9.17, 15) is 4.79 Å². The maximum atomic E-state index is 11.8. The van der Waals surface area contributed by atoms with E-state index in [1.54, 1.807) is 13.3 Å². The second-order valence-corrected chi connectivity index (χ2v) is 7.03. The maximum Gasteiger partial charge on any atom is 0.222 e. The Kier molecular flexibility index (Phi) is 5.19. The molecule has 0 spiro atoms. The molecule has 0 N–H and O–H groups in total. The zero-order valence-electron chi connectivity index (χ0n) is 16.3. The Labute approximate surface area is 164 Å². The van der Waals surface area contributed by atoms with Crippen molar-refractivity contribution in [3.63, 3.8) is 0 Å². The first kappa shape index (κ1) is 18.3. The monoisotopic (exact) mass is 379 g/mol. The number of likely N-dealkylation sites (tertiary alicyclic amines) is 1. The number of aromatic nitrogens is 2. The Morgan fingerprint density at radius 2 is 1.89 bits per heavy atom. The average Bonchev–Trinajstić information content (AvgIpc) is 3.22. The summed E-state index contributed by atoms with van der Waals surface area (Å²) in [6, 6.07) is 12.0. The molecule has 0 unspecified atom stereocenters. The highest BCUT2D eigenvalue weighted by Crippen LogP contribution is 2.29. The molecule has 0 aliphatic carbocycles. The third-order valence-corrected chi connectivity index (χ3v) is 5.28. The fourth-order valence-corrected chi connectivity index (χ4v) is 3.68. The van der Waals surface area contributed by atoms with E-state index in [2.05, 4.69) is 17.2 Å². The van der Waals surface area contributed by atoms with Crippen LogP contribution in [0.25, 0.3) is 16.6 Å². The molecule has 2 aromatic heterocycles. The highest BCUT2D eigenvalue weighted by molar-refractivity contribution is 5.75. The summed E-state index contributed by atoms with van der Waals surface area (Å²) in [4.78, 5) is 13.7. The lowest BCUT2D eigenvalue weighted by atomic mass is 10.1. The molecule has 3 aromatic rings. The van der Waals surface area contributed by atoms with E-state index in [0.29, 0.717) is 6.42 Å². The minimum atomic E-state index is 0.160. The smallest absolute Gasteiger partial charge is 0.222 e. The highest BCUT2D eigenvalue weighted by Gasteiger charge is 2.22. The number of benzene rings is 1.